The number of hydrogen-bond donors (Lipinski definition) is 1. The Hall–Kier alpha value is -2.27. The number of rotatable bonds is 4. The Bertz CT molecular complexity index is 459. The fraction of sp³-hybridized carbons (Fsp3) is 0.235. The lowest BCUT2D eigenvalue weighted by Gasteiger charge is -2.05. The molecule has 1 N–H and O–H groups in total. The summed E-state index contributed by atoms with van der Waals surface area (Å²) in [7, 11) is 0. The molecule has 2 nitrogen and oxygen atoms in total. The van der Waals surface area contributed by atoms with Gasteiger partial charge in [-0.25, -0.2) is 0 Å². The molecular formula is C17H22N2. The maximum Gasteiger partial charge on any atom is 0.0991 e. The Morgan fingerprint density at radius 3 is 2.37 bits per heavy atom. The Kier molecular flexibility index (Phi) is 9.56. The number of anilines is 1. The first kappa shape index (κ1) is 16.7. The van der Waals surface area contributed by atoms with Gasteiger partial charge >= 0.3 is 0 Å². The van der Waals surface area contributed by atoms with Gasteiger partial charge in [0.2, 0.25) is 0 Å². The van der Waals surface area contributed by atoms with Gasteiger partial charge in [0.25, 0.3) is 0 Å². The third kappa shape index (κ3) is 8.45. The number of hydrogen-bond acceptors (Lipinski definition) is 2. The maximum atomic E-state index is 8.60. The Labute approximate surface area is 116 Å². The number of nitrogens with zero attached hydrogens (tertiary/aromatic N) is 1. The van der Waals surface area contributed by atoms with Crippen LogP contribution >= 0.6 is 0 Å². The van der Waals surface area contributed by atoms with E-state index in [2.05, 4.69) is 37.0 Å². The van der Waals surface area contributed by atoms with Crippen LogP contribution in [0.15, 0.2) is 60.8 Å². The summed E-state index contributed by atoms with van der Waals surface area (Å²) < 4.78 is 0. The summed E-state index contributed by atoms with van der Waals surface area (Å²) >= 11 is 0. The highest BCUT2D eigenvalue weighted by Crippen LogP contribution is 2.11. The highest BCUT2D eigenvalue weighted by molar-refractivity contribution is 5.50. The standard InChI is InChI=1S/C12H12N2.C5H10/c1-3-4-10(2)14-12-7-5-11(9-13)6-8-12;1-3-5-4-2/h3-8,14H,1H2,2H3;3,5H,4H2,1-2H3/b10-4+;5-3-. The van der Waals surface area contributed by atoms with Gasteiger partial charge in [-0.15, -0.1) is 0 Å². The van der Waals surface area contributed by atoms with Crippen molar-refractivity contribution in [2.24, 2.45) is 0 Å². The first-order valence-electron chi connectivity index (χ1n) is 6.35. The summed E-state index contributed by atoms with van der Waals surface area (Å²) in [6, 6.07) is 9.38. The summed E-state index contributed by atoms with van der Waals surface area (Å²) in [5, 5.41) is 11.8. The molecule has 0 fully saturated rings. The summed E-state index contributed by atoms with van der Waals surface area (Å²) in [4.78, 5) is 0. The van der Waals surface area contributed by atoms with E-state index >= 15 is 0 Å². The van der Waals surface area contributed by atoms with Crippen LogP contribution in [-0.4, -0.2) is 0 Å². The molecule has 0 saturated heterocycles. The predicted octanol–water partition coefficient (Wildman–Crippen LogP) is 5.03. The Balaban J connectivity index is 0.000000555. The summed E-state index contributed by atoms with van der Waals surface area (Å²) in [5.41, 5.74) is 2.66. The summed E-state index contributed by atoms with van der Waals surface area (Å²) in [5.74, 6) is 0. The minimum Gasteiger partial charge on any atom is -0.359 e. The third-order valence-electron chi connectivity index (χ3n) is 2.19. The largest absolute Gasteiger partial charge is 0.359 e. The molecule has 0 aliphatic rings. The molecule has 0 radical (unpaired) electrons. The monoisotopic (exact) mass is 254 g/mol. The maximum absolute atomic E-state index is 8.60. The molecule has 0 bridgehead atoms. The van der Waals surface area contributed by atoms with Crippen molar-refractivity contribution in [1.82, 2.24) is 0 Å². The van der Waals surface area contributed by atoms with Crippen LogP contribution in [0.1, 0.15) is 32.8 Å². The molecule has 0 atom stereocenters. The normalized spacial score (nSPS) is 10.3. The molecule has 1 rings (SSSR count). The number of allylic oxidation sites excluding steroid dienone is 5. The van der Waals surface area contributed by atoms with E-state index in [0.717, 1.165) is 17.8 Å². The van der Waals surface area contributed by atoms with Crippen molar-refractivity contribution in [2.75, 3.05) is 5.32 Å². The molecule has 1 aromatic carbocycles. The first-order valence-corrected chi connectivity index (χ1v) is 6.35. The summed E-state index contributed by atoms with van der Waals surface area (Å²) in [6.45, 7) is 9.72. The fourth-order valence-electron chi connectivity index (χ4n) is 1.31. The third-order valence-corrected chi connectivity index (χ3v) is 2.19. The highest BCUT2D eigenvalue weighted by Gasteiger charge is 1.92. The minimum atomic E-state index is 0.668. The van der Waals surface area contributed by atoms with Crippen LogP contribution in [0.5, 0.6) is 0 Å². The number of nitriles is 1. The second kappa shape index (κ2) is 10.9. The van der Waals surface area contributed by atoms with E-state index in [-0.39, 0.29) is 0 Å². The van der Waals surface area contributed by atoms with Crippen LogP contribution in [0.25, 0.3) is 0 Å². The van der Waals surface area contributed by atoms with Crippen LogP contribution in [0.3, 0.4) is 0 Å². The molecule has 0 spiro atoms. The second-order valence-electron chi connectivity index (χ2n) is 3.88. The molecule has 0 saturated carbocycles. The molecule has 0 aliphatic carbocycles. The smallest absolute Gasteiger partial charge is 0.0991 e. The predicted molar refractivity (Wildman–Crippen MR) is 83.8 cm³/mol. The van der Waals surface area contributed by atoms with Gasteiger partial charge in [0.15, 0.2) is 0 Å². The van der Waals surface area contributed by atoms with E-state index in [4.69, 9.17) is 5.26 Å². The Morgan fingerprint density at radius 2 is 2.00 bits per heavy atom. The van der Waals surface area contributed by atoms with Gasteiger partial charge in [0, 0.05) is 11.4 Å². The number of benzene rings is 1. The lowest BCUT2D eigenvalue weighted by Crippen LogP contribution is -1.94. The van der Waals surface area contributed by atoms with Crippen LogP contribution in [0, 0.1) is 11.3 Å². The molecule has 0 unspecified atom stereocenters. The van der Waals surface area contributed by atoms with E-state index in [9.17, 15) is 0 Å². The summed E-state index contributed by atoms with van der Waals surface area (Å²) in [6.07, 6.45) is 8.96. The van der Waals surface area contributed by atoms with Gasteiger partial charge in [0.1, 0.15) is 0 Å². The van der Waals surface area contributed by atoms with Crippen molar-refractivity contribution in [3.63, 3.8) is 0 Å². The highest BCUT2D eigenvalue weighted by atomic mass is 14.9. The molecule has 0 heterocycles. The topological polar surface area (TPSA) is 35.8 Å². The van der Waals surface area contributed by atoms with Gasteiger partial charge in [-0.2, -0.15) is 5.26 Å². The van der Waals surface area contributed by atoms with Crippen molar-refractivity contribution >= 4 is 5.69 Å². The van der Waals surface area contributed by atoms with Crippen molar-refractivity contribution in [3.05, 3.63) is 66.4 Å². The molecular weight excluding hydrogens is 232 g/mol. The van der Waals surface area contributed by atoms with E-state index in [1.165, 1.54) is 0 Å². The minimum absolute atomic E-state index is 0.668. The quantitative estimate of drug-likeness (QED) is 0.604. The fourth-order valence-corrected chi connectivity index (χ4v) is 1.31. The van der Waals surface area contributed by atoms with Gasteiger partial charge in [-0.3, -0.25) is 0 Å². The van der Waals surface area contributed by atoms with E-state index in [0.29, 0.717) is 5.56 Å². The molecule has 100 valence electrons. The molecule has 1 aromatic rings. The van der Waals surface area contributed by atoms with Crippen LogP contribution in [0.2, 0.25) is 0 Å². The SMILES string of the molecule is C/C=C\CC.C=C/C=C(\C)Nc1ccc(C#N)cc1. The molecule has 0 amide bonds. The lowest BCUT2D eigenvalue weighted by molar-refractivity contribution is 1.22. The van der Waals surface area contributed by atoms with Crippen molar-refractivity contribution < 1.29 is 0 Å². The second-order valence-corrected chi connectivity index (χ2v) is 3.88. The zero-order valence-electron chi connectivity index (χ0n) is 12.0. The molecule has 19 heavy (non-hydrogen) atoms. The zero-order valence-corrected chi connectivity index (χ0v) is 12.0. The average Bonchev–Trinajstić information content (AvgIpc) is 2.41. The molecule has 0 aromatic heterocycles. The van der Waals surface area contributed by atoms with Crippen LogP contribution in [-0.2, 0) is 0 Å². The van der Waals surface area contributed by atoms with Crippen LogP contribution in [0.4, 0.5) is 5.69 Å². The van der Waals surface area contributed by atoms with Crippen molar-refractivity contribution in [1.29, 1.82) is 5.26 Å². The van der Waals surface area contributed by atoms with Gasteiger partial charge in [-0.1, -0.05) is 31.7 Å². The van der Waals surface area contributed by atoms with Gasteiger partial charge < -0.3 is 5.32 Å². The zero-order chi connectivity index (χ0) is 14.5. The van der Waals surface area contributed by atoms with E-state index < -0.39 is 0 Å². The Morgan fingerprint density at radius 1 is 1.37 bits per heavy atom. The molecule has 0 aliphatic heterocycles. The number of nitrogens with one attached hydrogen (secondary N) is 1. The first-order chi connectivity index (χ1) is 9.17. The van der Waals surface area contributed by atoms with Crippen molar-refractivity contribution in [2.45, 2.75) is 27.2 Å². The van der Waals surface area contributed by atoms with E-state index in [1.54, 1.807) is 18.2 Å². The van der Waals surface area contributed by atoms with Gasteiger partial charge in [-0.05, 0) is 50.6 Å². The van der Waals surface area contributed by atoms with Crippen molar-refractivity contribution in [3.8, 4) is 6.07 Å². The van der Waals surface area contributed by atoms with E-state index in [1.807, 2.05) is 32.1 Å². The lowest BCUT2D eigenvalue weighted by atomic mass is 10.2. The van der Waals surface area contributed by atoms with Gasteiger partial charge in [0.05, 0.1) is 11.6 Å². The van der Waals surface area contributed by atoms with Crippen LogP contribution < -0.4 is 5.32 Å². The average molecular weight is 254 g/mol. The molecule has 2 heteroatoms.